The van der Waals surface area contributed by atoms with Gasteiger partial charge in [-0.15, -0.1) is 4.52 Å². The molecule has 6 fully saturated rings. The number of carbonyl (C=O) groups excluding carboxylic acids is 5. The standard InChI is InChI=1S/C46H58F2N3O13P/c1-41(2,3)63-38(56)11-10-33(51-37(55)22-49)39(57)50-25-17-44(18-25)19-28(20-44)61-27-8-6-24(7-9-27)40-62-36-16-29-30-15-32(47)31-14-26(52)12-13-42(31,4)45(30,48)34(53)21-43(29,5)46(36,64-40)35(54)23-60-65(58)59/h6-9,12-14,25,28-30,32-34,36,40,53H,10-11,15-23,49H2,1-5H3,(H,50,57)(H,51,55)/t25?,28?,29-,30-,32-,33-,34-,36+,40+,42-,43-,44?,45-,46+/m0/s1. The molecule has 1 saturated heterocycles. The maximum absolute atomic E-state index is 17.8. The molecule has 0 bridgehead atoms. The predicted octanol–water partition coefficient (Wildman–Crippen LogP) is 3.74. The fourth-order valence-electron chi connectivity index (χ4n) is 12.6. The van der Waals surface area contributed by atoms with Crippen LogP contribution in [0, 0.1) is 28.1 Å². The zero-order valence-corrected chi connectivity index (χ0v) is 38.0. The largest absolute Gasteiger partial charge is 0.566 e. The Balaban J connectivity index is 0.897. The number of allylic oxidation sites excluding steroid dienone is 4. The summed E-state index contributed by atoms with van der Waals surface area (Å²) in [6.45, 7) is 7.21. The molecular formula is C46H58F2N3O13P. The van der Waals surface area contributed by atoms with Gasteiger partial charge in [0, 0.05) is 34.8 Å². The molecule has 5 N–H and O–H groups in total. The van der Waals surface area contributed by atoms with E-state index in [4.69, 9.17) is 29.2 Å². The molecule has 1 heterocycles. The van der Waals surface area contributed by atoms with Crippen molar-refractivity contribution in [2.75, 3.05) is 13.2 Å². The van der Waals surface area contributed by atoms with Gasteiger partial charge in [0.2, 0.25) is 11.8 Å². The Bertz CT molecular complexity index is 2190. The van der Waals surface area contributed by atoms with Crippen molar-refractivity contribution >= 4 is 37.6 Å². The molecule has 16 nitrogen and oxygen atoms in total. The Morgan fingerprint density at radius 3 is 2.40 bits per heavy atom. The van der Waals surface area contributed by atoms with Crippen LogP contribution in [0.5, 0.6) is 5.75 Å². The number of carbonyl (C=O) groups is 5. The molecule has 2 amide bonds. The maximum Gasteiger partial charge on any atom is 0.488 e. The van der Waals surface area contributed by atoms with E-state index in [2.05, 4.69) is 10.6 Å². The number of halogens is 2. The minimum atomic E-state index is -3.42. The van der Waals surface area contributed by atoms with E-state index in [0.29, 0.717) is 11.3 Å². The Kier molecular flexibility index (Phi) is 12.4. The average Bonchev–Trinajstić information content (AvgIpc) is 3.71. The van der Waals surface area contributed by atoms with E-state index in [1.807, 2.05) is 0 Å². The summed E-state index contributed by atoms with van der Waals surface area (Å²) in [5, 5.41) is 17.4. The van der Waals surface area contributed by atoms with Crippen molar-refractivity contribution in [1.29, 1.82) is 0 Å². The highest BCUT2D eigenvalue weighted by Gasteiger charge is 2.80. The highest BCUT2D eigenvalue weighted by Crippen LogP contribution is 2.73. The number of aliphatic hydroxyl groups excluding tert-OH is 1. The van der Waals surface area contributed by atoms with Gasteiger partial charge in [-0.05, 0) is 125 Å². The molecule has 1 aliphatic heterocycles. The zero-order chi connectivity index (χ0) is 47.1. The maximum atomic E-state index is 17.8. The van der Waals surface area contributed by atoms with Crippen LogP contribution in [-0.2, 0) is 47.3 Å². The lowest BCUT2D eigenvalue weighted by atomic mass is 9.44. The number of hydrogen-bond acceptors (Lipinski definition) is 14. The van der Waals surface area contributed by atoms with E-state index in [1.54, 1.807) is 52.0 Å². The zero-order valence-electron chi connectivity index (χ0n) is 37.1. The molecule has 19 heteroatoms. The number of esters is 1. The van der Waals surface area contributed by atoms with Crippen LogP contribution in [0.15, 0.2) is 48.1 Å². The van der Waals surface area contributed by atoms with Crippen molar-refractivity contribution in [2.24, 2.45) is 33.8 Å². The lowest BCUT2D eigenvalue weighted by Crippen LogP contribution is -2.70. The van der Waals surface area contributed by atoms with Crippen LogP contribution in [0.25, 0.3) is 0 Å². The molecule has 8 rings (SSSR count). The highest BCUT2D eigenvalue weighted by atomic mass is 31.1. The fraction of sp³-hybridized carbons (Fsp3) is 0.674. The summed E-state index contributed by atoms with van der Waals surface area (Å²) in [5.74, 6) is -3.92. The second-order valence-electron chi connectivity index (χ2n) is 20.6. The number of ether oxygens (including phenoxy) is 4. The molecule has 1 spiro atoms. The van der Waals surface area contributed by atoms with Crippen molar-refractivity contribution in [1.82, 2.24) is 10.6 Å². The number of hydrogen-bond donors (Lipinski definition) is 4. The van der Waals surface area contributed by atoms with Crippen molar-refractivity contribution in [3.8, 4) is 5.75 Å². The molecule has 0 radical (unpaired) electrons. The smallest absolute Gasteiger partial charge is 0.488 e. The summed E-state index contributed by atoms with van der Waals surface area (Å²) in [5.41, 5.74) is -2.05. The van der Waals surface area contributed by atoms with Gasteiger partial charge >= 0.3 is 14.2 Å². The van der Waals surface area contributed by atoms with Crippen LogP contribution in [0.1, 0.15) is 104 Å². The molecule has 12 atom stereocenters. The molecular weight excluding hydrogens is 871 g/mol. The second kappa shape index (κ2) is 16.9. The molecule has 7 aliphatic rings. The molecule has 1 aromatic rings. The third kappa shape index (κ3) is 8.18. The second-order valence-corrected chi connectivity index (χ2v) is 21.3. The Labute approximate surface area is 376 Å². The molecule has 65 heavy (non-hydrogen) atoms. The average molecular weight is 930 g/mol. The van der Waals surface area contributed by atoms with Gasteiger partial charge in [-0.1, -0.05) is 25.1 Å². The van der Waals surface area contributed by atoms with Gasteiger partial charge < -0.3 is 45.3 Å². The van der Waals surface area contributed by atoms with Gasteiger partial charge in [-0.3, -0.25) is 24.0 Å². The van der Waals surface area contributed by atoms with Crippen LogP contribution >= 0.6 is 8.25 Å². The van der Waals surface area contributed by atoms with Gasteiger partial charge in [-0.2, -0.15) is 0 Å². The number of nitrogens with two attached hydrogens (primary N) is 1. The summed E-state index contributed by atoms with van der Waals surface area (Å²) in [7, 11) is -3.42. The number of aliphatic hydroxyl groups is 1. The Hall–Kier alpha value is -4.03. The van der Waals surface area contributed by atoms with Crippen LogP contribution in [0.2, 0.25) is 0 Å². The first-order chi connectivity index (χ1) is 30.5. The number of fused-ring (bicyclic) bond motifs is 7. The third-order valence-electron chi connectivity index (χ3n) is 15.5. The molecule has 1 unspecified atom stereocenters. The van der Waals surface area contributed by atoms with Gasteiger partial charge in [0.1, 0.15) is 23.6 Å². The van der Waals surface area contributed by atoms with Crippen LogP contribution in [0.3, 0.4) is 0 Å². The lowest BCUT2D eigenvalue weighted by molar-refractivity contribution is -0.235. The van der Waals surface area contributed by atoms with Gasteiger partial charge in [0.25, 0.3) is 0 Å². The summed E-state index contributed by atoms with van der Waals surface area (Å²) in [6.07, 6.45) is 0.310. The van der Waals surface area contributed by atoms with Crippen molar-refractivity contribution < 1.29 is 70.8 Å². The molecule has 1 aromatic carbocycles. The van der Waals surface area contributed by atoms with Crippen LogP contribution in [0.4, 0.5) is 8.78 Å². The predicted molar refractivity (Wildman–Crippen MR) is 224 cm³/mol. The third-order valence-corrected chi connectivity index (χ3v) is 15.8. The summed E-state index contributed by atoms with van der Waals surface area (Å²) < 4.78 is 74.9. The van der Waals surface area contributed by atoms with Crippen molar-refractivity contribution in [3.05, 3.63) is 53.6 Å². The van der Waals surface area contributed by atoms with Gasteiger partial charge in [-0.25, -0.2) is 8.78 Å². The number of rotatable bonds is 14. The van der Waals surface area contributed by atoms with E-state index in [0.717, 1.165) is 31.8 Å². The van der Waals surface area contributed by atoms with E-state index in [1.165, 1.54) is 19.1 Å². The van der Waals surface area contributed by atoms with Crippen molar-refractivity contribution in [2.45, 2.75) is 152 Å². The van der Waals surface area contributed by atoms with E-state index in [-0.39, 0.29) is 61.8 Å². The first kappa shape index (κ1) is 47.5. The number of ketones is 2. The summed E-state index contributed by atoms with van der Waals surface area (Å²) >= 11 is 0. The van der Waals surface area contributed by atoms with Crippen LogP contribution in [-0.4, -0.2) is 101 Å². The van der Waals surface area contributed by atoms with Crippen molar-refractivity contribution in [3.63, 3.8) is 0 Å². The Morgan fingerprint density at radius 1 is 1.06 bits per heavy atom. The SMILES string of the molecule is CC(C)(C)OC(=O)CC[C@H](NC(=O)CN)C(=O)NC1CC2(C1)CC(Oc1ccc([C@@H]3O[C@@H]4C[C@H]5[C@@H]6C[C@H](F)C7=CC(=O)C=C[C@]7(C)[C@@]6(F)[C@@H](O)C[C@]5(C)[C@]4(C(=O)CO[P+](=O)[O-])O3)cc1)C2. The van der Waals surface area contributed by atoms with E-state index >= 15 is 8.78 Å². The van der Waals surface area contributed by atoms with Gasteiger partial charge in [0.05, 0.1) is 24.9 Å². The summed E-state index contributed by atoms with van der Waals surface area (Å²) in [4.78, 5) is 75.6. The first-order valence-corrected chi connectivity index (χ1v) is 23.4. The highest BCUT2D eigenvalue weighted by molar-refractivity contribution is 7.30. The van der Waals surface area contributed by atoms with Crippen LogP contribution < -0.4 is 26.0 Å². The van der Waals surface area contributed by atoms with E-state index < -0.39 is 114 Å². The minimum absolute atomic E-state index is 0.00359. The fourth-order valence-corrected chi connectivity index (χ4v) is 12.8. The van der Waals surface area contributed by atoms with E-state index in [9.17, 15) is 38.5 Å². The number of alkyl halides is 2. The number of Topliss-reactive ketones (excluding diaryl/α,β-unsaturated/α-hetero) is 1. The normalized spacial score (nSPS) is 39.6. The quantitative estimate of drug-likeness (QED) is 0.154. The lowest BCUT2D eigenvalue weighted by Gasteiger charge is -2.63. The number of benzene rings is 1. The number of amides is 2. The molecule has 5 saturated carbocycles. The topological polar surface area (TPSA) is 242 Å². The first-order valence-electron chi connectivity index (χ1n) is 22.3. The molecule has 0 aromatic heterocycles. The minimum Gasteiger partial charge on any atom is -0.566 e. The monoisotopic (exact) mass is 929 g/mol. The van der Waals surface area contributed by atoms with Gasteiger partial charge in [0.15, 0.2) is 35.7 Å². The molecule has 354 valence electrons. The Morgan fingerprint density at radius 2 is 1.75 bits per heavy atom. The summed E-state index contributed by atoms with van der Waals surface area (Å²) in [6, 6.07) is 5.87. The number of nitrogens with one attached hydrogen (secondary N) is 2. The molecule has 6 aliphatic carbocycles.